The number of hydrogen-bond donors (Lipinski definition) is 1. The first-order valence-corrected chi connectivity index (χ1v) is 12.0. The molecule has 4 heteroatoms. The SMILES string of the molecule is CN1CCN(CCNC2CCN(c3cccc(C4=Cc5ccccc5C4)c3)CC2)CC1. The number of piperidine rings is 1. The van der Waals surface area contributed by atoms with Gasteiger partial charge in [0.2, 0.25) is 0 Å². The number of likely N-dealkylation sites (N-methyl/N-ethyl adjacent to an activating group) is 1. The quantitative estimate of drug-likeness (QED) is 0.777. The second-order valence-electron chi connectivity index (χ2n) is 9.46. The van der Waals surface area contributed by atoms with Gasteiger partial charge < -0.3 is 15.1 Å². The Morgan fingerprint density at radius 2 is 1.71 bits per heavy atom. The maximum absolute atomic E-state index is 3.83. The molecule has 0 atom stereocenters. The molecule has 3 aliphatic rings. The van der Waals surface area contributed by atoms with Gasteiger partial charge in [0.25, 0.3) is 0 Å². The molecule has 164 valence electrons. The summed E-state index contributed by atoms with van der Waals surface area (Å²) in [6.07, 6.45) is 5.89. The Bertz CT molecular complexity index is 905. The Morgan fingerprint density at radius 1 is 0.903 bits per heavy atom. The van der Waals surface area contributed by atoms with Crippen molar-refractivity contribution in [2.75, 3.05) is 64.3 Å². The zero-order valence-corrected chi connectivity index (χ0v) is 18.9. The monoisotopic (exact) mass is 416 g/mol. The Balaban J connectivity index is 1.11. The van der Waals surface area contributed by atoms with E-state index in [0.29, 0.717) is 6.04 Å². The van der Waals surface area contributed by atoms with Crippen LogP contribution in [0, 0.1) is 0 Å². The van der Waals surface area contributed by atoms with E-state index in [0.717, 1.165) is 26.1 Å². The van der Waals surface area contributed by atoms with Gasteiger partial charge in [0.1, 0.15) is 0 Å². The standard InChI is InChI=1S/C27H36N4/c1-29-15-17-30(18-16-29)14-11-28-26-9-12-31(13-10-26)27-8-4-7-24(21-27)25-19-22-5-2-3-6-23(22)20-25/h2-8,19,21,26,28H,9-18,20H2,1H3. The van der Waals surface area contributed by atoms with Gasteiger partial charge in [-0.25, -0.2) is 0 Å². The molecule has 0 saturated carbocycles. The van der Waals surface area contributed by atoms with Gasteiger partial charge in [-0.05, 0) is 60.7 Å². The van der Waals surface area contributed by atoms with Crippen LogP contribution in [-0.4, -0.2) is 75.2 Å². The molecule has 2 aromatic carbocycles. The van der Waals surface area contributed by atoms with E-state index in [1.165, 1.54) is 73.5 Å². The fourth-order valence-corrected chi connectivity index (χ4v) is 5.21. The molecule has 4 nitrogen and oxygen atoms in total. The van der Waals surface area contributed by atoms with Crippen LogP contribution in [0.5, 0.6) is 0 Å². The summed E-state index contributed by atoms with van der Waals surface area (Å²) in [5.74, 6) is 0. The van der Waals surface area contributed by atoms with Gasteiger partial charge in [-0.2, -0.15) is 0 Å². The van der Waals surface area contributed by atoms with Crippen LogP contribution in [0.2, 0.25) is 0 Å². The highest BCUT2D eigenvalue weighted by Gasteiger charge is 2.21. The first kappa shape index (κ1) is 20.7. The number of nitrogens with zero attached hydrogens (tertiary/aromatic N) is 3. The molecule has 0 spiro atoms. The average molecular weight is 417 g/mol. The molecule has 0 aromatic heterocycles. The molecule has 5 rings (SSSR count). The molecule has 2 aliphatic heterocycles. The van der Waals surface area contributed by atoms with Crippen LogP contribution >= 0.6 is 0 Å². The van der Waals surface area contributed by atoms with Crippen molar-refractivity contribution in [3.63, 3.8) is 0 Å². The average Bonchev–Trinajstić information content (AvgIpc) is 3.25. The molecule has 0 amide bonds. The summed E-state index contributed by atoms with van der Waals surface area (Å²) in [7, 11) is 2.22. The van der Waals surface area contributed by atoms with Crippen LogP contribution in [-0.2, 0) is 6.42 Å². The third kappa shape index (κ3) is 5.03. The molecule has 2 saturated heterocycles. The number of fused-ring (bicyclic) bond motifs is 1. The lowest BCUT2D eigenvalue weighted by Gasteiger charge is -2.35. The van der Waals surface area contributed by atoms with Gasteiger partial charge >= 0.3 is 0 Å². The van der Waals surface area contributed by atoms with Crippen molar-refractivity contribution in [1.29, 1.82) is 0 Å². The number of rotatable bonds is 6. The fraction of sp³-hybridized carbons (Fsp3) is 0.481. The number of allylic oxidation sites excluding steroid dienone is 1. The third-order valence-corrected chi connectivity index (χ3v) is 7.30. The van der Waals surface area contributed by atoms with Crippen LogP contribution in [0.4, 0.5) is 5.69 Å². The predicted octanol–water partition coefficient (Wildman–Crippen LogP) is 3.59. The predicted molar refractivity (Wildman–Crippen MR) is 132 cm³/mol. The number of anilines is 1. The Labute approximate surface area is 187 Å². The number of hydrogen-bond acceptors (Lipinski definition) is 4. The van der Waals surface area contributed by atoms with Gasteiger partial charge in [0.05, 0.1) is 0 Å². The van der Waals surface area contributed by atoms with Crippen LogP contribution in [0.25, 0.3) is 11.6 Å². The van der Waals surface area contributed by atoms with Gasteiger partial charge in [-0.3, -0.25) is 4.90 Å². The van der Waals surface area contributed by atoms with Crippen LogP contribution in [0.3, 0.4) is 0 Å². The topological polar surface area (TPSA) is 21.8 Å². The fourth-order valence-electron chi connectivity index (χ4n) is 5.21. The summed E-state index contributed by atoms with van der Waals surface area (Å²) in [4.78, 5) is 7.60. The maximum atomic E-state index is 3.83. The third-order valence-electron chi connectivity index (χ3n) is 7.30. The van der Waals surface area contributed by atoms with Crippen LogP contribution < -0.4 is 10.2 Å². The van der Waals surface area contributed by atoms with Crippen molar-refractivity contribution in [3.05, 3.63) is 65.2 Å². The summed E-state index contributed by atoms with van der Waals surface area (Å²) in [6, 6.07) is 18.6. The Hall–Kier alpha value is -2.14. The van der Waals surface area contributed by atoms with Crippen LogP contribution in [0.1, 0.15) is 29.5 Å². The van der Waals surface area contributed by atoms with E-state index in [1.807, 2.05) is 0 Å². The van der Waals surface area contributed by atoms with Crippen molar-refractivity contribution in [2.45, 2.75) is 25.3 Å². The smallest absolute Gasteiger partial charge is 0.0372 e. The maximum Gasteiger partial charge on any atom is 0.0372 e. The molecule has 31 heavy (non-hydrogen) atoms. The van der Waals surface area contributed by atoms with Gasteiger partial charge in [0, 0.05) is 64.1 Å². The van der Waals surface area contributed by atoms with Crippen molar-refractivity contribution in [2.24, 2.45) is 0 Å². The van der Waals surface area contributed by atoms with E-state index in [4.69, 9.17) is 0 Å². The molecule has 0 bridgehead atoms. The number of nitrogens with one attached hydrogen (secondary N) is 1. The van der Waals surface area contributed by atoms with Crippen molar-refractivity contribution in [1.82, 2.24) is 15.1 Å². The molecular formula is C27H36N4. The second-order valence-corrected chi connectivity index (χ2v) is 9.46. The van der Waals surface area contributed by atoms with Crippen molar-refractivity contribution >= 4 is 17.3 Å². The highest BCUT2D eigenvalue weighted by atomic mass is 15.2. The van der Waals surface area contributed by atoms with E-state index in [2.05, 4.69) is 81.7 Å². The lowest BCUT2D eigenvalue weighted by atomic mass is 10.0. The highest BCUT2D eigenvalue weighted by Crippen LogP contribution is 2.33. The first-order valence-electron chi connectivity index (χ1n) is 12.0. The summed E-state index contributed by atoms with van der Waals surface area (Å²) < 4.78 is 0. The van der Waals surface area contributed by atoms with Gasteiger partial charge in [0.15, 0.2) is 0 Å². The largest absolute Gasteiger partial charge is 0.371 e. The minimum absolute atomic E-state index is 0.666. The summed E-state index contributed by atoms with van der Waals surface area (Å²) in [5, 5.41) is 3.83. The molecule has 1 aliphatic carbocycles. The van der Waals surface area contributed by atoms with E-state index in [-0.39, 0.29) is 0 Å². The minimum Gasteiger partial charge on any atom is -0.371 e. The Morgan fingerprint density at radius 3 is 2.52 bits per heavy atom. The lowest BCUT2D eigenvalue weighted by molar-refractivity contribution is 0.153. The Kier molecular flexibility index (Phi) is 6.40. The minimum atomic E-state index is 0.666. The lowest BCUT2D eigenvalue weighted by Crippen LogP contribution is -2.48. The molecule has 2 heterocycles. The number of piperazine rings is 1. The van der Waals surface area contributed by atoms with E-state index >= 15 is 0 Å². The summed E-state index contributed by atoms with van der Waals surface area (Å²) in [6.45, 7) is 9.46. The molecule has 2 fully saturated rings. The second kappa shape index (κ2) is 9.56. The molecule has 0 radical (unpaired) electrons. The zero-order valence-electron chi connectivity index (χ0n) is 18.9. The molecule has 2 aromatic rings. The van der Waals surface area contributed by atoms with E-state index < -0.39 is 0 Å². The number of benzene rings is 2. The van der Waals surface area contributed by atoms with Crippen molar-refractivity contribution < 1.29 is 0 Å². The molecular weight excluding hydrogens is 380 g/mol. The van der Waals surface area contributed by atoms with Gasteiger partial charge in [-0.15, -0.1) is 0 Å². The molecule has 1 N–H and O–H groups in total. The zero-order chi connectivity index (χ0) is 21.0. The van der Waals surface area contributed by atoms with E-state index in [9.17, 15) is 0 Å². The normalized spacial score (nSPS) is 20.7. The highest BCUT2D eigenvalue weighted by molar-refractivity contribution is 5.89. The first-order chi connectivity index (χ1) is 15.2. The van der Waals surface area contributed by atoms with Gasteiger partial charge in [-0.1, -0.05) is 42.5 Å². The summed E-state index contributed by atoms with van der Waals surface area (Å²) in [5.41, 5.74) is 7.03. The summed E-state index contributed by atoms with van der Waals surface area (Å²) >= 11 is 0. The van der Waals surface area contributed by atoms with E-state index in [1.54, 1.807) is 0 Å². The van der Waals surface area contributed by atoms with Crippen LogP contribution in [0.15, 0.2) is 48.5 Å². The van der Waals surface area contributed by atoms with Crippen molar-refractivity contribution in [3.8, 4) is 0 Å². The molecule has 0 unspecified atom stereocenters.